The molecule has 7 N–H and O–H groups in total. The van der Waals surface area contributed by atoms with Gasteiger partial charge in [0.05, 0.1) is 6.04 Å². The number of amides is 4. The molecule has 0 bridgehead atoms. The quantitative estimate of drug-likeness (QED) is 0.0722. The van der Waals surface area contributed by atoms with Gasteiger partial charge in [-0.15, -0.1) is 0 Å². The van der Waals surface area contributed by atoms with Gasteiger partial charge in [0.2, 0.25) is 11.8 Å². The molecule has 12 heteroatoms. The van der Waals surface area contributed by atoms with E-state index < -0.39 is 18.0 Å². The molecule has 49 heavy (non-hydrogen) atoms. The number of ketones is 1. The van der Waals surface area contributed by atoms with Crippen LogP contribution in [0.5, 0.6) is 5.75 Å². The van der Waals surface area contributed by atoms with Crippen LogP contribution in [-0.4, -0.2) is 59.2 Å². The highest BCUT2D eigenvalue weighted by atomic mass is 16.3. The van der Waals surface area contributed by atoms with E-state index in [4.69, 9.17) is 5.73 Å². The summed E-state index contributed by atoms with van der Waals surface area (Å²) in [7, 11) is 0. The van der Waals surface area contributed by atoms with E-state index in [9.17, 15) is 24.3 Å². The molecule has 1 heterocycles. The van der Waals surface area contributed by atoms with E-state index in [1.807, 2.05) is 42.5 Å². The molecule has 0 saturated heterocycles. The smallest absolute Gasteiger partial charge is 0.321 e. The highest BCUT2D eigenvalue weighted by Gasteiger charge is 2.32. The first-order valence-electron chi connectivity index (χ1n) is 16.8. The molecule has 0 aliphatic carbocycles. The average molecular weight is 670 g/mol. The van der Waals surface area contributed by atoms with E-state index in [-0.39, 0.29) is 55.4 Å². The summed E-state index contributed by atoms with van der Waals surface area (Å²) in [6.07, 6.45) is 1.90. The van der Waals surface area contributed by atoms with Crippen LogP contribution in [0.15, 0.2) is 83.9 Å². The zero-order chi connectivity index (χ0) is 35.0. The number of nitrogens with one attached hydrogen (secondary N) is 4. The number of phenols is 1. The van der Waals surface area contributed by atoms with E-state index in [2.05, 4.69) is 43.3 Å². The Morgan fingerprint density at radius 2 is 1.51 bits per heavy atom. The van der Waals surface area contributed by atoms with Crippen molar-refractivity contribution in [3.05, 3.63) is 101 Å². The molecule has 12 nitrogen and oxygen atoms in total. The predicted octanol–water partition coefficient (Wildman–Crippen LogP) is 3.65. The van der Waals surface area contributed by atoms with Crippen LogP contribution in [0.2, 0.25) is 0 Å². The van der Waals surface area contributed by atoms with Crippen molar-refractivity contribution in [1.82, 2.24) is 26.2 Å². The molecule has 0 fully saturated rings. The summed E-state index contributed by atoms with van der Waals surface area (Å²) in [6, 6.07) is 23.7. The molecule has 0 radical (unpaired) electrons. The SMILES string of the molecule is CCC(=O)NCCNC(=O)NC(N)=NCCC[C@@H](CCC(=O)[C@H](c1ccccc1)N1Cc2ccccc2C1)C(=O)NCc1ccc(O)cc1. The van der Waals surface area contributed by atoms with Gasteiger partial charge in [-0.3, -0.25) is 29.6 Å². The van der Waals surface area contributed by atoms with Crippen molar-refractivity contribution in [3.63, 3.8) is 0 Å². The standard InChI is InChI=1S/C37H47N7O5/c1-2-33(47)39-21-22-41-37(49)43-36(38)40-20-8-13-28(35(48)42-23-26-14-17-31(45)18-15-26)16-19-32(46)34(27-9-4-3-5-10-27)44-24-29-11-6-7-12-30(29)25-44/h3-7,9-12,14-15,17-18,28,34,45H,2,8,13,16,19-25H2,1H3,(H,39,47)(H,42,48)(H4,38,40,41,43,49)/t28-,34-/m0/s1. The topological polar surface area (TPSA) is 178 Å². The maximum absolute atomic E-state index is 14.0. The van der Waals surface area contributed by atoms with Crippen LogP contribution in [0, 0.1) is 5.92 Å². The molecule has 0 unspecified atom stereocenters. The highest BCUT2D eigenvalue weighted by molar-refractivity contribution is 5.95. The molecule has 1 aliphatic rings. The number of phenolic OH excluding ortho intramolecular Hbond substituents is 1. The molecule has 260 valence electrons. The Morgan fingerprint density at radius 1 is 0.857 bits per heavy atom. The van der Waals surface area contributed by atoms with Crippen molar-refractivity contribution in [2.75, 3.05) is 19.6 Å². The molecule has 2 atom stereocenters. The fourth-order valence-electron chi connectivity index (χ4n) is 5.82. The third kappa shape index (κ3) is 11.8. The van der Waals surface area contributed by atoms with Crippen LogP contribution in [0.1, 0.15) is 67.3 Å². The molecule has 3 aromatic carbocycles. The molecule has 3 aromatic rings. The number of carbonyl (C=O) groups excluding carboxylic acids is 4. The molecule has 4 rings (SSSR count). The lowest BCUT2D eigenvalue weighted by Gasteiger charge is -2.27. The van der Waals surface area contributed by atoms with Crippen LogP contribution in [-0.2, 0) is 34.0 Å². The number of Topliss-reactive ketones (excluding diaryl/α,β-unsaturated/α-hetero) is 1. The summed E-state index contributed by atoms with van der Waals surface area (Å²) in [5.74, 6) is -0.589. The molecule has 0 saturated carbocycles. The molecular formula is C37H47N7O5. The van der Waals surface area contributed by atoms with Crippen molar-refractivity contribution < 1.29 is 24.3 Å². The van der Waals surface area contributed by atoms with Gasteiger partial charge in [0.15, 0.2) is 11.7 Å². The van der Waals surface area contributed by atoms with Crippen LogP contribution in [0.25, 0.3) is 0 Å². The van der Waals surface area contributed by atoms with Crippen molar-refractivity contribution in [1.29, 1.82) is 0 Å². The Kier molecular flexibility index (Phi) is 14.1. The number of carbonyl (C=O) groups is 4. The maximum Gasteiger partial charge on any atom is 0.321 e. The van der Waals surface area contributed by atoms with Crippen LogP contribution in [0.4, 0.5) is 4.79 Å². The molecule has 1 aliphatic heterocycles. The zero-order valence-corrected chi connectivity index (χ0v) is 28.0. The molecule has 0 aromatic heterocycles. The number of rotatable bonds is 17. The summed E-state index contributed by atoms with van der Waals surface area (Å²) in [4.78, 5) is 57.3. The van der Waals surface area contributed by atoms with Gasteiger partial charge in [0.25, 0.3) is 0 Å². The van der Waals surface area contributed by atoms with E-state index in [0.717, 1.165) is 11.1 Å². The average Bonchev–Trinajstić information content (AvgIpc) is 3.53. The van der Waals surface area contributed by atoms with E-state index in [1.165, 1.54) is 11.1 Å². The number of fused-ring (bicyclic) bond motifs is 1. The number of benzene rings is 3. The van der Waals surface area contributed by atoms with Gasteiger partial charge in [-0.2, -0.15) is 0 Å². The molecular weight excluding hydrogens is 622 g/mol. The fourth-order valence-corrected chi connectivity index (χ4v) is 5.82. The number of aliphatic imine (C=N–C) groups is 1. The number of guanidine groups is 1. The Labute approximate surface area is 287 Å². The van der Waals surface area contributed by atoms with Gasteiger partial charge in [-0.25, -0.2) is 4.79 Å². The Morgan fingerprint density at radius 3 is 2.18 bits per heavy atom. The number of nitrogens with two attached hydrogens (primary N) is 1. The fraction of sp³-hybridized carbons (Fsp3) is 0.378. The minimum absolute atomic E-state index is 0.0575. The second kappa shape index (κ2) is 18.9. The summed E-state index contributed by atoms with van der Waals surface area (Å²) in [6.45, 7) is 4.20. The number of hydrogen-bond acceptors (Lipinski definition) is 7. The van der Waals surface area contributed by atoms with Crippen LogP contribution < -0.4 is 27.0 Å². The third-order valence-corrected chi connectivity index (χ3v) is 8.45. The minimum Gasteiger partial charge on any atom is -0.508 e. The van der Waals surface area contributed by atoms with Gasteiger partial charge in [-0.05, 0) is 53.6 Å². The summed E-state index contributed by atoms with van der Waals surface area (Å²) in [5.41, 5.74) is 10.1. The largest absolute Gasteiger partial charge is 0.508 e. The van der Waals surface area contributed by atoms with Gasteiger partial charge >= 0.3 is 6.03 Å². The monoisotopic (exact) mass is 669 g/mol. The number of nitrogens with zero attached hydrogens (tertiary/aromatic N) is 2. The summed E-state index contributed by atoms with van der Waals surface area (Å²) >= 11 is 0. The third-order valence-electron chi connectivity index (χ3n) is 8.45. The van der Waals surface area contributed by atoms with Crippen molar-refractivity contribution in [2.24, 2.45) is 16.6 Å². The Hall–Kier alpha value is -5.23. The predicted molar refractivity (Wildman–Crippen MR) is 188 cm³/mol. The minimum atomic E-state index is -0.536. The van der Waals surface area contributed by atoms with E-state index in [0.29, 0.717) is 45.3 Å². The number of hydrogen-bond donors (Lipinski definition) is 6. The van der Waals surface area contributed by atoms with Gasteiger partial charge < -0.3 is 26.8 Å². The summed E-state index contributed by atoms with van der Waals surface area (Å²) in [5, 5.41) is 20.3. The number of urea groups is 1. The first-order valence-corrected chi connectivity index (χ1v) is 16.8. The van der Waals surface area contributed by atoms with Crippen LogP contribution in [0.3, 0.4) is 0 Å². The van der Waals surface area contributed by atoms with Gasteiger partial charge in [0.1, 0.15) is 5.75 Å². The van der Waals surface area contributed by atoms with E-state index >= 15 is 0 Å². The number of aromatic hydroxyl groups is 1. The zero-order valence-electron chi connectivity index (χ0n) is 28.0. The Balaban J connectivity index is 1.35. The Bertz CT molecular complexity index is 1550. The maximum atomic E-state index is 14.0. The highest BCUT2D eigenvalue weighted by Crippen LogP contribution is 2.33. The van der Waals surface area contributed by atoms with Gasteiger partial charge in [0, 0.05) is 58.0 Å². The first-order chi connectivity index (χ1) is 23.7. The van der Waals surface area contributed by atoms with Gasteiger partial charge in [-0.1, -0.05) is 73.7 Å². The lowest BCUT2D eigenvalue weighted by Crippen LogP contribution is -2.45. The summed E-state index contributed by atoms with van der Waals surface area (Å²) < 4.78 is 0. The second-order valence-electron chi connectivity index (χ2n) is 12.1. The normalized spacial score (nSPS) is 13.9. The second-order valence-corrected chi connectivity index (χ2v) is 12.1. The van der Waals surface area contributed by atoms with E-state index in [1.54, 1.807) is 31.2 Å². The lowest BCUT2D eigenvalue weighted by atomic mass is 9.91. The molecule has 0 spiro atoms. The van der Waals surface area contributed by atoms with Crippen molar-refractivity contribution >= 4 is 29.6 Å². The lowest BCUT2D eigenvalue weighted by molar-refractivity contribution is -0.127. The van der Waals surface area contributed by atoms with Crippen LogP contribution >= 0.6 is 0 Å². The first kappa shape index (κ1) is 36.6. The van der Waals surface area contributed by atoms with Crippen molar-refractivity contribution in [2.45, 2.75) is 64.7 Å². The molecule has 4 amide bonds. The van der Waals surface area contributed by atoms with Crippen molar-refractivity contribution in [3.8, 4) is 5.75 Å².